The minimum atomic E-state index is -0.160. The van der Waals surface area contributed by atoms with E-state index in [-0.39, 0.29) is 11.4 Å². The Hall–Kier alpha value is -0.930. The number of hydrogen-bond donors (Lipinski definition) is 1. The molecule has 0 radical (unpaired) electrons. The molecule has 0 bridgehead atoms. The van der Waals surface area contributed by atoms with Crippen LogP contribution in [0.2, 0.25) is 0 Å². The fourth-order valence-electron chi connectivity index (χ4n) is 2.50. The van der Waals surface area contributed by atoms with Gasteiger partial charge in [0.1, 0.15) is 5.82 Å². The minimum Gasteiger partial charge on any atom is -0.379 e. The molecule has 1 aliphatic carbocycles. The summed E-state index contributed by atoms with van der Waals surface area (Å²) >= 11 is 0. The summed E-state index contributed by atoms with van der Waals surface area (Å²) in [4.78, 5) is 0. The summed E-state index contributed by atoms with van der Waals surface area (Å²) in [7, 11) is 1.78. The molecule has 3 heteroatoms. The van der Waals surface area contributed by atoms with Crippen LogP contribution in [-0.4, -0.2) is 25.3 Å². The van der Waals surface area contributed by atoms with Crippen LogP contribution in [0.25, 0.3) is 0 Å². The van der Waals surface area contributed by atoms with E-state index in [9.17, 15) is 4.39 Å². The van der Waals surface area contributed by atoms with Crippen LogP contribution in [0.1, 0.15) is 45.1 Å². The molecule has 1 N–H and O–H groups in total. The first kappa shape index (κ1) is 16.4. The summed E-state index contributed by atoms with van der Waals surface area (Å²) in [5, 5.41) is 3.63. The molecule has 2 rings (SSSR count). The van der Waals surface area contributed by atoms with Gasteiger partial charge in [0.05, 0.1) is 5.60 Å². The quantitative estimate of drug-likeness (QED) is 0.744. The predicted molar refractivity (Wildman–Crippen MR) is 84.9 cm³/mol. The average Bonchev–Trinajstić information content (AvgIpc) is 3.28. The van der Waals surface area contributed by atoms with E-state index >= 15 is 0 Å². The largest absolute Gasteiger partial charge is 0.379 e. The Morgan fingerprint density at radius 3 is 2.52 bits per heavy atom. The minimum absolute atomic E-state index is 0.0688. The molecule has 1 aromatic carbocycles. The molecule has 1 aromatic rings. The van der Waals surface area contributed by atoms with E-state index in [1.807, 2.05) is 12.1 Å². The van der Waals surface area contributed by atoms with E-state index in [1.54, 1.807) is 19.2 Å². The molecule has 1 atom stereocenters. The molecule has 1 fully saturated rings. The van der Waals surface area contributed by atoms with E-state index < -0.39 is 0 Å². The lowest BCUT2D eigenvalue weighted by molar-refractivity contribution is 0.0103. The molecule has 2 nitrogen and oxygen atoms in total. The molecule has 0 spiro atoms. The predicted octanol–water partition coefficient (Wildman–Crippen LogP) is 3.94. The van der Waals surface area contributed by atoms with Gasteiger partial charge in [0.2, 0.25) is 0 Å². The van der Waals surface area contributed by atoms with Crippen LogP contribution < -0.4 is 5.32 Å². The summed E-state index contributed by atoms with van der Waals surface area (Å²) in [6, 6.07) is 7.65. The third kappa shape index (κ3) is 6.15. The molecule has 0 amide bonds. The molecule has 118 valence electrons. The topological polar surface area (TPSA) is 21.3 Å². The monoisotopic (exact) mass is 293 g/mol. The first-order chi connectivity index (χ1) is 9.98. The van der Waals surface area contributed by atoms with Crippen molar-refractivity contribution < 1.29 is 9.13 Å². The maximum absolute atomic E-state index is 13.0. The third-order valence-electron chi connectivity index (χ3n) is 4.42. The van der Waals surface area contributed by atoms with Crippen LogP contribution >= 0.6 is 0 Å². The molecule has 0 heterocycles. The second-order valence-corrected chi connectivity index (χ2v) is 6.88. The second kappa shape index (κ2) is 7.37. The summed E-state index contributed by atoms with van der Waals surface area (Å²) in [6.45, 7) is 5.31. The Morgan fingerprint density at radius 1 is 1.29 bits per heavy atom. The average molecular weight is 293 g/mol. The van der Waals surface area contributed by atoms with Crippen molar-refractivity contribution in [1.29, 1.82) is 0 Å². The Labute approximate surface area is 128 Å². The van der Waals surface area contributed by atoms with Crippen molar-refractivity contribution in [3.8, 4) is 0 Å². The normalized spacial score (nSPS) is 17.0. The van der Waals surface area contributed by atoms with Crippen molar-refractivity contribution in [2.24, 2.45) is 5.92 Å². The molecule has 1 aliphatic rings. The van der Waals surface area contributed by atoms with Gasteiger partial charge in [-0.15, -0.1) is 0 Å². The summed E-state index contributed by atoms with van der Waals surface area (Å²) in [6.07, 6.45) is 5.79. The zero-order valence-corrected chi connectivity index (χ0v) is 13.5. The smallest absolute Gasteiger partial charge is 0.123 e. The van der Waals surface area contributed by atoms with Gasteiger partial charge in [-0.05, 0) is 76.1 Å². The summed E-state index contributed by atoms with van der Waals surface area (Å²) < 4.78 is 18.5. The van der Waals surface area contributed by atoms with Gasteiger partial charge in [-0.1, -0.05) is 12.1 Å². The van der Waals surface area contributed by atoms with Crippen LogP contribution in [0.15, 0.2) is 24.3 Å². The number of rotatable bonds is 9. The van der Waals surface area contributed by atoms with Crippen molar-refractivity contribution in [3.63, 3.8) is 0 Å². The molecule has 0 aliphatic heterocycles. The van der Waals surface area contributed by atoms with Crippen LogP contribution in [0, 0.1) is 11.7 Å². The molecule has 21 heavy (non-hydrogen) atoms. The Kier molecular flexibility index (Phi) is 5.77. The van der Waals surface area contributed by atoms with Crippen molar-refractivity contribution in [1.82, 2.24) is 5.32 Å². The van der Waals surface area contributed by atoms with Crippen molar-refractivity contribution in [3.05, 3.63) is 35.6 Å². The first-order valence-electron chi connectivity index (χ1n) is 8.01. The second-order valence-electron chi connectivity index (χ2n) is 6.88. The first-order valence-corrected chi connectivity index (χ1v) is 8.01. The zero-order valence-electron chi connectivity index (χ0n) is 13.5. The van der Waals surface area contributed by atoms with E-state index in [0.717, 1.165) is 31.8 Å². The van der Waals surface area contributed by atoms with Crippen LogP contribution in [0.3, 0.4) is 0 Å². The van der Waals surface area contributed by atoms with Crippen molar-refractivity contribution >= 4 is 0 Å². The van der Waals surface area contributed by atoms with E-state index in [4.69, 9.17) is 4.74 Å². The van der Waals surface area contributed by atoms with Gasteiger partial charge >= 0.3 is 0 Å². The van der Waals surface area contributed by atoms with E-state index in [1.165, 1.54) is 18.4 Å². The lowest BCUT2D eigenvalue weighted by atomic mass is 9.90. The number of benzene rings is 1. The lowest BCUT2D eigenvalue weighted by Gasteiger charge is -2.26. The van der Waals surface area contributed by atoms with Gasteiger partial charge in [-0.3, -0.25) is 0 Å². The summed E-state index contributed by atoms with van der Waals surface area (Å²) in [5.41, 5.74) is 1.15. The van der Waals surface area contributed by atoms with Gasteiger partial charge in [0.25, 0.3) is 0 Å². The number of nitrogens with one attached hydrogen (secondary N) is 1. The van der Waals surface area contributed by atoms with Gasteiger partial charge in [-0.25, -0.2) is 4.39 Å². The zero-order chi connectivity index (χ0) is 15.3. The highest BCUT2D eigenvalue weighted by atomic mass is 19.1. The Morgan fingerprint density at radius 2 is 1.95 bits per heavy atom. The standard InChI is InChI=1S/C18H28FNO/c1-18(2,21-3)11-10-15(13-20-17-8-9-17)12-14-4-6-16(19)7-5-14/h4-7,15,17,20H,8-13H2,1-3H3. The molecular formula is C18H28FNO. The maximum atomic E-state index is 13.0. The van der Waals surface area contributed by atoms with Gasteiger partial charge in [0, 0.05) is 13.2 Å². The number of hydrogen-bond acceptors (Lipinski definition) is 2. The van der Waals surface area contributed by atoms with Crippen molar-refractivity contribution in [2.45, 2.75) is 57.6 Å². The van der Waals surface area contributed by atoms with Gasteiger partial charge < -0.3 is 10.1 Å². The third-order valence-corrected chi connectivity index (χ3v) is 4.42. The Bertz CT molecular complexity index is 425. The maximum Gasteiger partial charge on any atom is 0.123 e. The van der Waals surface area contributed by atoms with Crippen LogP contribution in [0.4, 0.5) is 4.39 Å². The lowest BCUT2D eigenvalue weighted by Crippen LogP contribution is -2.29. The fraction of sp³-hybridized carbons (Fsp3) is 0.667. The van der Waals surface area contributed by atoms with Gasteiger partial charge in [-0.2, -0.15) is 0 Å². The highest BCUT2D eigenvalue weighted by Crippen LogP contribution is 2.24. The Balaban J connectivity index is 1.88. The molecule has 1 unspecified atom stereocenters. The molecule has 1 saturated carbocycles. The number of ether oxygens (including phenoxy) is 1. The number of halogens is 1. The highest BCUT2D eigenvalue weighted by molar-refractivity contribution is 5.16. The SMILES string of the molecule is COC(C)(C)CCC(CNC1CC1)Cc1ccc(F)cc1. The van der Waals surface area contributed by atoms with Gasteiger partial charge in [0.15, 0.2) is 0 Å². The van der Waals surface area contributed by atoms with Crippen LogP contribution in [0.5, 0.6) is 0 Å². The van der Waals surface area contributed by atoms with Crippen LogP contribution in [-0.2, 0) is 11.2 Å². The summed E-state index contributed by atoms with van der Waals surface area (Å²) in [5.74, 6) is 0.414. The molecule has 0 aromatic heterocycles. The van der Waals surface area contributed by atoms with E-state index in [0.29, 0.717) is 5.92 Å². The number of methoxy groups -OCH3 is 1. The molecule has 0 saturated heterocycles. The highest BCUT2D eigenvalue weighted by Gasteiger charge is 2.24. The van der Waals surface area contributed by atoms with Crippen molar-refractivity contribution in [2.75, 3.05) is 13.7 Å². The molecular weight excluding hydrogens is 265 g/mol. The van der Waals surface area contributed by atoms with E-state index in [2.05, 4.69) is 19.2 Å². The fourth-order valence-corrected chi connectivity index (χ4v) is 2.50.